The number of aromatic nitrogens is 2. The third-order valence-electron chi connectivity index (χ3n) is 2.06. The van der Waals surface area contributed by atoms with Crippen molar-refractivity contribution in [1.29, 1.82) is 0 Å². The number of carbonyl (C=O) groups excluding carboxylic acids is 1. The molecule has 1 heterocycles. The molecule has 0 aliphatic rings. The average Bonchev–Trinajstić information content (AvgIpc) is 2.35. The van der Waals surface area contributed by atoms with E-state index in [1.807, 2.05) is 0 Å². The van der Waals surface area contributed by atoms with Gasteiger partial charge in [-0.15, -0.1) is 0 Å². The molecule has 0 bridgehead atoms. The van der Waals surface area contributed by atoms with Gasteiger partial charge in [-0.1, -0.05) is 0 Å². The maximum atomic E-state index is 11.3. The summed E-state index contributed by atoms with van der Waals surface area (Å²) in [6.45, 7) is 1.65. The topological polar surface area (TPSA) is 70.5 Å². The van der Waals surface area contributed by atoms with E-state index in [0.717, 1.165) is 0 Å². The molecule has 0 radical (unpaired) electrons. The highest BCUT2D eigenvalue weighted by molar-refractivity contribution is 5.76. The number of esters is 1. The third kappa shape index (κ3) is 2.59. The first-order valence-corrected chi connectivity index (χ1v) is 4.67. The van der Waals surface area contributed by atoms with Crippen LogP contribution in [0.2, 0.25) is 0 Å². The van der Waals surface area contributed by atoms with Crippen molar-refractivity contribution < 1.29 is 19.0 Å². The van der Waals surface area contributed by atoms with Gasteiger partial charge in [0.1, 0.15) is 11.7 Å². The van der Waals surface area contributed by atoms with Crippen LogP contribution < -0.4 is 9.47 Å². The van der Waals surface area contributed by atoms with Crippen molar-refractivity contribution in [1.82, 2.24) is 9.97 Å². The van der Waals surface area contributed by atoms with Crippen LogP contribution in [-0.2, 0) is 9.53 Å². The number of rotatable bonds is 4. The molecule has 1 atom stereocenters. The van der Waals surface area contributed by atoms with Crippen molar-refractivity contribution in [2.75, 3.05) is 21.3 Å². The van der Waals surface area contributed by atoms with Crippen LogP contribution in [-0.4, -0.2) is 37.3 Å². The molecule has 0 saturated heterocycles. The molecule has 88 valence electrons. The molecule has 1 unspecified atom stereocenters. The maximum absolute atomic E-state index is 11.3. The Morgan fingerprint density at radius 2 is 1.69 bits per heavy atom. The van der Waals surface area contributed by atoms with Gasteiger partial charge in [0.05, 0.1) is 27.4 Å². The van der Waals surface area contributed by atoms with Crippen molar-refractivity contribution in [2.45, 2.75) is 12.8 Å². The molecule has 0 aliphatic heterocycles. The summed E-state index contributed by atoms with van der Waals surface area (Å²) in [6, 6.07) is 1.54. The van der Waals surface area contributed by atoms with Crippen LogP contribution in [0.25, 0.3) is 0 Å². The second-order valence-electron chi connectivity index (χ2n) is 3.06. The summed E-state index contributed by atoms with van der Waals surface area (Å²) in [6.07, 6.45) is 0. The minimum atomic E-state index is -0.561. The van der Waals surface area contributed by atoms with Crippen LogP contribution in [0.15, 0.2) is 6.07 Å². The zero-order valence-electron chi connectivity index (χ0n) is 9.68. The predicted molar refractivity (Wildman–Crippen MR) is 55.6 cm³/mol. The molecule has 0 N–H and O–H groups in total. The summed E-state index contributed by atoms with van der Waals surface area (Å²) >= 11 is 0. The zero-order chi connectivity index (χ0) is 12.1. The molecule has 6 heteroatoms. The summed E-state index contributed by atoms with van der Waals surface area (Å²) in [5.41, 5.74) is 0. The van der Waals surface area contributed by atoms with Crippen LogP contribution >= 0.6 is 0 Å². The van der Waals surface area contributed by atoms with E-state index in [4.69, 9.17) is 9.47 Å². The molecule has 0 spiro atoms. The molecule has 16 heavy (non-hydrogen) atoms. The standard InChI is InChI=1S/C10H14N2O4/c1-6(10(13)16-4)9-11-7(14-2)5-8(12-9)15-3/h5-6H,1-4H3. The van der Waals surface area contributed by atoms with Crippen LogP contribution in [0.5, 0.6) is 11.8 Å². The largest absolute Gasteiger partial charge is 0.481 e. The molecule has 1 aromatic rings. The Labute approximate surface area is 93.6 Å². The fourth-order valence-electron chi connectivity index (χ4n) is 1.11. The van der Waals surface area contributed by atoms with Gasteiger partial charge in [-0.2, -0.15) is 9.97 Å². The average molecular weight is 226 g/mol. The van der Waals surface area contributed by atoms with Crippen molar-refractivity contribution in [2.24, 2.45) is 0 Å². The van der Waals surface area contributed by atoms with Gasteiger partial charge in [0.2, 0.25) is 11.8 Å². The Bertz CT molecular complexity index is 359. The van der Waals surface area contributed by atoms with E-state index in [9.17, 15) is 4.79 Å². The quantitative estimate of drug-likeness (QED) is 0.706. The van der Waals surface area contributed by atoms with Crippen molar-refractivity contribution >= 4 is 5.97 Å². The minimum Gasteiger partial charge on any atom is -0.481 e. The van der Waals surface area contributed by atoms with Crippen LogP contribution in [0.4, 0.5) is 0 Å². The van der Waals surface area contributed by atoms with Gasteiger partial charge >= 0.3 is 5.97 Å². The van der Waals surface area contributed by atoms with E-state index in [1.54, 1.807) is 6.92 Å². The Morgan fingerprint density at radius 1 is 1.19 bits per heavy atom. The number of hydrogen-bond acceptors (Lipinski definition) is 6. The van der Waals surface area contributed by atoms with Gasteiger partial charge < -0.3 is 14.2 Å². The van der Waals surface area contributed by atoms with Crippen LogP contribution in [0, 0.1) is 0 Å². The Kier molecular flexibility index (Phi) is 4.04. The van der Waals surface area contributed by atoms with Crippen molar-refractivity contribution in [3.8, 4) is 11.8 Å². The summed E-state index contributed by atoms with van der Waals surface area (Å²) in [5, 5.41) is 0. The Balaban J connectivity index is 3.07. The highest BCUT2D eigenvalue weighted by Crippen LogP contribution is 2.20. The molecule has 0 aromatic carbocycles. The normalized spacial score (nSPS) is 11.8. The molecule has 0 fully saturated rings. The fraction of sp³-hybridized carbons (Fsp3) is 0.500. The monoisotopic (exact) mass is 226 g/mol. The second kappa shape index (κ2) is 5.29. The molecule has 1 aromatic heterocycles. The first-order chi connectivity index (χ1) is 7.62. The lowest BCUT2D eigenvalue weighted by atomic mass is 10.2. The van der Waals surface area contributed by atoms with Gasteiger partial charge in [-0.05, 0) is 6.92 Å². The Morgan fingerprint density at radius 3 is 2.06 bits per heavy atom. The molecular formula is C10H14N2O4. The number of ether oxygens (including phenoxy) is 3. The van der Waals surface area contributed by atoms with E-state index >= 15 is 0 Å². The zero-order valence-corrected chi connectivity index (χ0v) is 9.68. The highest BCUT2D eigenvalue weighted by atomic mass is 16.5. The van der Waals surface area contributed by atoms with E-state index in [-0.39, 0.29) is 0 Å². The fourth-order valence-corrected chi connectivity index (χ4v) is 1.11. The van der Waals surface area contributed by atoms with E-state index in [2.05, 4.69) is 14.7 Å². The van der Waals surface area contributed by atoms with Gasteiger partial charge in [-0.25, -0.2) is 0 Å². The van der Waals surface area contributed by atoms with Crippen molar-refractivity contribution in [3.63, 3.8) is 0 Å². The molecule has 1 rings (SSSR count). The van der Waals surface area contributed by atoms with Gasteiger partial charge in [-0.3, -0.25) is 4.79 Å². The van der Waals surface area contributed by atoms with Crippen molar-refractivity contribution in [3.05, 3.63) is 11.9 Å². The second-order valence-corrected chi connectivity index (χ2v) is 3.06. The lowest BCUT2D eigenvalue weighted by Gasteiger charge is -2.10. The molecule has 6 nitrogen and oxygen atoms in total. The third-order valence-corrected chi connectivity index (χ3v) is 2.06. The SMILES string of the molecule is COC(=O)C(C)c1nc(OC)cc(OC)n1. The molecular weight excluding hydrogens is 212 g/mol. The van der Waals surface area contributed by atoms with Gasteiger partial charge in [0.15, 0.2) is 0 Å². The van der Waals surface area contributed by atoms with Gasteiger partial charge in [0, 0.05) is 0 Å². The molecule has 0 aliphatic carbocycles. The van der Waals surface area contributed by atoms with Gasteiger partial charge in [0.25, 0.3) is 0 Å². The number of nitrogens with zero attached hydrogens (tertiary/aromatic N) is 2. The number of hydrogen-bond donors (Lipinski definition) is 0. The molecule has 0 amide bonds. The summed E-state index contributed by atoms with van der Waals surface area (Å²) in [4.78, 5) is 19.4. The summed E-state index contributed by atoms with van der Waals surface area (Å²) < 4.78 is 14.6. The minimum absolute atomic E-state index is 0.308. The first-order valence-electron chi connectivity index (χ1n) is 4.67. The highest BCUT2D eigenvalue weighted by Gasteiger charge is 2.20. The van der Waals surface area contributed by atoms with E-state index in [0.29, 0.717) is 17.6 Å². The number of carbonyl (C=O) groups is 1. The van der Waals surface area contributed by atoms with E-state index in [1.165, 1.54) is 27.4 Å². The lowest BCUT2D eigenvalue weighted by molar-refractivity contribution is -0.142. The van der Waals surface area contributed by atoms with Crippen LogP contribution in [0.1, 0.15) is 18.7 Å². The van der Waals surface area contributed by atoms with Crippen LogP contribution in [0.3, 0.4) is 0 Å². The first kappa shape index (κ1) is 12.2. The smallest absolute Gasteiger partial charge is 0.316 e. The van der Waals surface area contributed by atoms with E-state index < -0.39 is 11.9 Å². The Hall–Kier alpha value is -1.85. The molecule has 0 saturated carbocycles. The predicted octanol–water partition coefficient (Wildman–Crippen LogP) is 0.770. The number of methoxy groups -OCH3 is 3. The lowest BCUT2D eigenvalue weighted by Crippen LogP contribution is -2.14. The maximum Gasteiger partial charge on any atom is 0.316 e. The summed E-state index contributed by atoms with van der Waals surface area (Å²) in [7, 11) is 4.28. The summed E-state index contributed by atoms with van der Waals surface area (Å²) in [5.74, 6) is 0.0302.